The molecule has 11 heteroatoms. The van der Waals surface area contributed by atoms with Gasteiger partial charge in [0.15, 0.2) is 8.64 Å². The second-order valence-electron chi connectivity index (χ2n) is 5.03. The van der Waals surface area contributed by atoms with E-state index in [-0.39, 0.29) is 19.5 Å². The van der Waals surface area contributed by atoms with Crippen molar-refractivity contribution >= 4 is 68.0 Å². The van der Waals surface area contributed by atoms with Gasteiger partial charge in [-0.3, -0.25) is 20.8 Å². The van der Waals surface area contributed by atoms with Crippen LogP contribution >= 0.6 is 48.0 Å². The van der Waals surface area contributed by atoms with Crippen LogP contribution < -0.4 is 10.9 Å². The smallest absolute Gasteiger partial charge is 0.153 e. The molecular formula is C18H22N6S4Zn. The Morgan fingerprint density at radius 2 is 1.17 bits per heavy atom. The summed E-state index contributed by atoms with van der Waals surface area (Å²) in [5.74, 6) is 0. The Morgan fingerprint density at radius 3 is 1.45 bits per heavy atom. The summed E-state index contributed by atoms with van der Waals surface area (Å²) >= 11 is 12.8. The molecule has 0 amide bonds. The minimum atomic E-state index is 0. The van der Waals surface area contributed by atoms with Crippen LogP contribution in [0.2, 0.25) is 0 Å². The number of pyridine rings is 2. The van der Waals surface area contributed by atoms with Crippen molar-refractivity contribution in [2.75, 3.05) is 12.5 Å². The molecule has 0 aliphatic rings. The maximum Gasteiger partial charge on any atom is 0.153 e. The van der Waals surface area contributed by atoms with Crippen LogP contribution in [0.15, 0.2) is 59.0 Å². The normalized spacial score (nSPS) is 10.8. The fourth-order valence-electron chi connectivity index (χ4n) is 1.62. The predicted octanol–water partition coefficient (Wildman–Crippen LogP) is 4.08. The maximum atomic E-state index is 4.95. The van der Waals surface area contributed by atoms with Gasteiger partial charge in [0.1, 0.15) is 0 Å². The first-order chi connectivity index (χ1) is 13.5. The molecule has 0 aromatic carbocycles. The second-order valence-corrected chi connectivity index (χ2v) is 8.00. The van der Waals surface area contributed by atoms with E-state index in [0.29, 0.717) is 8.64 Å². The average Bonchev–Trinajstić information content (AvgIpc) is 2.76. The molecule has 0 radical (unpaired) electrons. The zero-order valence-electron chi connectivity index (χ0n) is 16.7. The number of hydrazone groups is 2. The summed E-state index contributed by atoms with van der Waals surface area (Å²) in [5.41, 5.74) is 8.89. The molecule has 2 N–H and O–H groups in total. The molecule has 0 unspecified atom stereocenters. The zero-order valence-corrected chi connectivity index (χ0v) is 23.0. The number of nitrogens with zero attached hydrogens (tertiary/aromatic N) is 4. The molecular weight excluding hydrogens is 494 g/mol. The summed E-state index contributed by atoms with van der Waals surface area (Å²) in [6.45, 7) is 3.77. The van der Waals surface area contributed by atoms with Gasteiger partial charge in [0.2, 0.25) is 0 Å². The second kappa shape index (κ2) is 16.5. The quantitative estimate of drug-likeness (QED) is 0.273. The van der Waals surface area contributed by atoms with E-state index in [1.54, 1.807) is 12.4 Å². The van der Waals surface area contributed by atoms with Gasteiger partial charge in [-0.25, -0.2) is 0 Å². The van der Waals surface area contributed by atoms with Crippen molar-refractivity contribution in [1.82, 2.24) is 20.8 Å². The summed E-state index contributed by atoms with van der Waals surface area (Å²) in [4.78, 5) is 8.32. The van der Waals surface area contributed by atoms with E-state index in [2.05, 4.69) is 31.0 Å². The Kier molecular flexibility index (Phi) is 15.8. The number of thioether (sulfide) groups is 2. The Hall–Kier alpha value is -1.26. The minimum absolute atomic E-state index is 0. The fourth-order valence-corrected chi connectivity index (χ4v) is 1.98. The van der Waals surface area contributed by atoms with E-state index in [0.717, 1.165) is 22.8 Å². The topological polar surface area (TPSA) is 74.6 Å². The third kappa shape index (κ3) is 12.1. The van der Waals surface area contributed by atoms with Crippen molar-refractivity contribution in [2.45, 2.75) is 13.8 Å². The molecule has 0 atom stereocenters. The molecule has 2 heterocycles. The summed E-state index contributed by atoms with van der Waals surface area (Å²) in [6.07, 6.45) is 7.28. The number of aromatic nitrogens is 2. The first-order valence-electron chi connectivity index (χ1n) is 8.07. The van der Waals surface area contributed by atoms with Crippen LogP contribution in [0, 0.1) is 0 Å². The monoisotopic (exact) mass is 514 g/mol. The van der Waals surface area contributed by atoms with Gasteiger partial charge in [-0.15, -0.1) is 0 Å². The Bertz CT molecular complexity index is 746. The van der Waals surface area contributed by atoms with Gasteiger partial charge < -0.3 is 0 Å². The van der Waals surface area contributed by atoms with Crippen LogP contribution in [0.1, 0.15) is 25.2 Å². The molecule has 2 aromatic rings. The van der Waals surface area contributed by atoms with Gasteiger partial charge in [0.25, 0.3) is 0 Å². The van der Waals surface area contributed by atoms with Crippen molar-refractivity contribution in [1.29, 1.82) is 0 Å². The summed E-state index contributed by atoms with van der Waals surface area (Å²) in [6, 6.07) is 11.4. The van der Waals surface area contributed by atoms with Crippen molar-refractivity contribution in [3.63, 3.8) is 0 Å². The molecule has 150 valence electrons. The first-order valence-corrected chi connectivity index (χ1v) is 11.3. The van der Waals surface area contributed by atoms with Crippen LogP contribution in [0.5, 0.6) is 0 Å². The predicted molar refractivity (Wildman–Crippen MR) is 131 cm³/mol. The van der Waals surface area contributed by atoms with Crippen molar-refractivity contribution < 1.29 is 19.5 Å². The van der Waals surface area contributed by atoms with Crippen LogP contribution in [0.3, 0.4) is 0 Å². The van der Waals surface area contributed by atoms with Gasteiger partial charge in [-0.05, 0) is 50.6 Å². The number of nitrogens with one attached hydrogen (secondary N) is 2. The molecule has 2 aromatic heterocycles. The molecule has 0 bridgehead atoms. The van der Waals surface area contributed by atoms with E-state index in [4.69, 9.17) is 24.4 Å². The summed E-state index contributed by atoms with van der Waals surface area (Å²) in [5, 5.41) is 8.21. The van der Waals surface area contributed by atoms with Crippen molar-refractivity contribution in [2.24, 2.45) is 10.2 Å². The third-order valence-electron chi connectivity index (χ3n) is 3.07. The van der Waals surface area contributed by atoms with Gasteiger partial charge in [-0.1, -0.05) is 60.1 Å². The molecule has 0 saturated heterocycles. The van der Waals surface area contributed by atoms with Crippen molar-refractivity contribution in [3.05, 3.63) is 60.2 Å². The van der Waals surface area contributed by atoms with Crippen LogP contribution in [0.25, 0.3) is 0 Å². The van der Waals surface area contributed by atoms with Gasteiger partial charge >= 0.3 is 0 Å². The minimum Gasteiger partial charge on any atom is -0.262 e. The maximum absolute atomic E-state index is 4.95. The SMILES string of the molecule is CSC(=S)NN=C(C)c1ccccn1.CSC(=S)NN=C(C)c1ccccn1.[Zn]. The van der Waals surface area contributed by atoms with Crippen LogP contribution in [-0.4, -0.2) is 42.5 Å². The third-order valence-corrected chi connectivity index (χ3v) is 5.18. The first kappa shape index (κ1) is 27.7. The van der Waals surface area contributed by atoms with Crippen LogP contribution in [0.4, 0.5) is 0 Å². The largest absolute Gasteiger partial charge is 0.262 e. The van der Waals surface area contributed by atoms with Crippen molar-refractivity contribution in [3.8, 4) is 0 Å². The van der Waals surface area contributed by atoms with Crippen LogP contribution in [-0.2, 0) is 19.5 Å². The average molecular weight is 516 g/mol. The molecule has 0 saturated carbocycles. The Balaban J connectivity index is 0.000000523. The zero-order chi connectivity index (χ0) is 20.8. The van der Waals surface area contributed by atoms with Gasteiger partial charge in [0.05, 0.1) is 22.8 Å². The molecule has 0 aliphatic heterocycles. The van der Waals surface area contributed by atoms with E-state index in [1.165, 1.54) is 23.5 Å². The van der Waals surface area contributed by atoms with E-state index in [9.17, 15) is 0 Å². The number of hydrogen-bond donors (Lipinski definition) is 2. The molecule has 6 nitrogen and oxygen atoms in total. The number of rotatable bonds is 4. The summed E-state index contributed by atoms with van der Waals surface area (Å²) in [7, 11) is 0. The molecule has 29 heavy (non-hydrogen) atoms. The Labute approximate surface area is 204 Å². The molecule has 2 rings (SSSR count). The molecule has 0 fully saturated rings. The number of thiocarbonyl (C=S) groups is 2. The molecule has 0 aliphatic carbocycles. The number of hydrogen-bond acceptors (Lipinski definition) is 8. The van der Waals surface area contributed by atoms with Gasteiger partial charge in [0, 0.05) is 31.9 Å². The van der Waals surface area contributed by atoms with Gasteiger partial charge in [-0.2, -0.15) is 10.2 Å². The van der Waals surface area contributed by atoms with E-state index < -0.39 is 0 Å². The fraction of sp³-hybridized carbons (Fsp3) is 0.222. The van der Waals surface area contributed by atoms with E-state index >= 15 is 0 Å². The van der Waals surface area contributed by atoms with E-state index in [1.807, 2.05) is 62.8 Å². The standard InChI is InChI=1S/2C9H11N3S2.Zn/c2*1-7(11-12-9(13)14-2)8-5-3-4-6-10-8;/h2*3-6H,1-2H3,(H,12,13);. The molecule has 0 spiro atoms. The summed E-state index contributed by atoms with van der Waals surface area (Å²) < 4.78 is 1.31. The Morgan fingerprint density at radius 1 is 0.793 bits per heavy atom.